The minimum Gasteiger partial charge on any atom is -0.494 e. The fraction of sp³-hybridized carbons (Fsp3) is 0.389. The molecule has 0 aliphatic carbocycles. The smallest absolute Gasteiger partial charge is 0.119 e. The van der Waals surface area contributed by atoms with E-state index in [-0.39, 0.29) is 6.04 Å². The van der Waals surface area contributed by atoms with Crippen LogP contribution in [0, 0.1) is 0 Å². The molecule has 0 bridgehead atoms. The highest BCUT2D eigenvalue weighted by molar-refractivity contribution is 5.29. The summed E-state index contributed by atoms with van der Waals surface area (Å²) in [6, 6.07) is 13.0. The SMILES string of the molecule is CCCOc1ccc(C(C)NC(C)c2ccncc2)cc1. The van der Waals surface area contributed by atoms with Gasteiger partial charge in [-0.1, -0.05) is 19.1 Å². The molecule has 0 amide bonds. The number of hydrogen-bond acceptors (Lipinski definition) is 3. The Kier molecular flexibility index (Phi) is 5.76. The maximum atomic E-state index is 5.61. The van der Waals surface area contributed by atoms with Crippen molar-refractivity contribution >= 4 is 0 Å². The summed E-state index contributed by atoms with van der Waals surface area (Å²) in [5.74, 6) is 0.940. The molecular formula is C18H24N2O. The molecular weight excluding hydrogens is 260 g/mol. The first-order valence-electron chi connectivity index (χ1n) is 7.59. The first kappa shape index (κ1) is 15.5. The molecule has 0 saturated carbocycles. The summed E-state index contributed by atoms with van der Waals surface area (Å²) in [4.78, 5) is 4.06. The summed E-state index contributed by atoms with van der Waals surface area (Å²) >= 11 is 0. The van der Waals surface area contributed by atoms with E-state index in [1.807, 2.05) is 36.7 Å². The average Bonchev–Trinajstić information content (AvgIpc) is 2.54. The largest absolute Gasteiger partial charge is 0.494 e. The van der Waals surface area contributed by atoms with Crippen molar-refractivity contribution < 1.29 is 4.74 Å². The Morgan fingerprint density at radius 2 is 1.52 bits per heavy atom. The molecule has 0 spiro atoms. The Balaban J connectivity index is 1.95. The Labute approximate surface area is 127 Å². The van der Waals surface area contributed by atoms with Gasteiger partial charge in [0.05, 0.1) is 6.61 Å². The zero-order valence-corrected chi connectivity index (χ0v) is 13.0. The van der Waals surface area contributed by atoms with E-state index < -0.39 is 0 Å². The van der Waals surface area contributed by atoms with Crippen molar-refractivity contribution in [2.24, 2.45) is 0 Å². The van der Waals surface area contributed by atoms with E-state index in [4.69, 9.17) is 4.74 Å². The number of ether oxygens (including phenoxy) is 1. The number of nitrogens with one attached hydrogen (secondary N) is 1. The summed E-state index contributed by atoms with van der Waals surface area (Å²) in [7, 11) is 0. The van der Waals surface area contributed by atoms with Gasteiger partial charge in [0.15, 0.2) is 0 Å². The van der Waals surface area contributed by atoms with Crippen LogP contribution in [-0.2, 0) is 0 Å². The van der Waals surface area contributed by atoms with Gasteiger partial charge in [0.2, 0.25) is 0 Å². The number of benzene rings is 1. The number of hydrogen-bond donors (Lipinski definition) is 1. The van der Waals surface area contributed by atoms with Crippen LogP contribution in [0.15, 0.2) is 48.8 Å². The second kappa shape index (κ2) is 7.79. The van der Waals surface area contributed by atoms with Crippen LogP contribution in [0.25, 0.3) is 0 Å². The highest BCUT2D eigenvalue weighted by atomic mass is 16.5. The van der Waals surface area contributed by atoms with Crippen molar-refractivity contribution in [1.82, 2.24) is 10.3 Å². The van der Waals surface area contributed by atoms with Gasteiger partial charge < -0.3 is 10.1 Å². The van der Waals surface area contributed by atoms with Crippen LogP contribution in [-0.4, -0.2) is 11.6 Å². The zero-order chi connectivity index (χ0) is 15.1. The molecule has 2 unspecified atom stereocenters. The summed E-state index contributed by atoms with van der Waals surface area (Å²) in [6.45, 7) is 7.23. The van der Waals surface area contributed by atoms with Crippen molar-refractivity contribution in [3.05, 3.63) is 59.9 Å². The minimum atomic E-state index is 0.286. The van der Waals surface area contributed by atoms with Crippen molar-refractivity contribution in [1.29, 1.82) is 0 Å². The highest BCUT2D eigenvalue weighted by Crippen LogP contribution is 2.21. The van der Waals surface area contributed by atoms with Gasteiger partial charge in [-0.05, 0) is 55.7 Å². The van der Waals surface area contributed by atoms with Crippen molar-refractivity contribution in [3.8, 4) is 5.75 Å². The number of nitrogens with zero attached hydrogens (tertiary/aromatic N) is 1. The summed E-state index contributed by atoms with van der Waals surface area (Å²) < 4.78 is 5.61. The van der Waals surface area contributed by atoms with E-state index >= 15 is 0 Å². The monoisotopic (exact) mass is 284 g/mol. The Morgan fingerprint density at radius 3 is 2.10 bits per heavy atom. The van der Waals surface area contributed by atoms with E-state index in [0.717, 1.165) is 18.8 Å². The maximum absolute atomic E-state index is 5.61. The molecule has 112 valence electrons. The van der Waals surface area contributed by atoms with Gasteiger partial charge in [-0.2, -0.15) is 0 Å². The predicted molar refractivity (Wildman–Crippen MR) is 86.4 cm³/mol. The van der Waals surface area contributed by atoms with Crippen LogP contribution < -0.4 is 10.1 Å². The lowest BCUT2D eigenvalue weighted by atomic mass is 10.0. The van der Waals surface area contributed by atoms with Crippen molar-refractivity contribution in [2.45, 2.75) is 39.3 Å². The molecule has 0 aliphatic heterocycles. The van der Waals surface area contributed by atoms with Gasteiger partial charge in [0.1, 0.15) is 5.75 Å². The lowest BCUT2D eigenvalue weighted by Gasteiger charge is -2.21. The molecule has 21 heavy (non-hydrogen) atoms. The normalized spacial score (nSPS) is 13.7. The summed E-state index contributed by atoms with van der Waals surface area (Å²) in [6.07, 6.45) is 4.69. The van der Waals surface area contributed by atoms with E-state index in [0.29, 0.717) is 6.04 Å². The van der Waals surface area contributed by atoms with Gasteiger partial charge in [-0.3, -0.25) is 4.98 Å². The molecule has 2 atom stereocenters. The van der Waals surface area contributed by atoms with Gasteiger partial charge in [0.25, 0.3) is 0 Å². The van der Waals surface area contributed by atoms with E-state index in [9.17, 15) is 0 Å². The van der Waals surface area contributed by atoms with Crippen LogP contribution in [0.2, 0.25) is 0 Å². The van der Waals surface area contributed by atoms with Crippen LogP contribution >= 0.6 is 0 Å². The number of pyridine rings is 1. The molecule has 3 heteroatoms. The van der Waals surface area contributed by atoms with E-state index in [1.165, 1.54) is 11.1 Å². The van der Waals surface area contributed by atoms with Gasteiger partial charge in [0, 0.05) is 24.5 Å². The maximum Gasteiger partial charge on any atom is 0.119 e. The van der Waals surface area contributed by atoms with Crippen molar-refractivity contribution in [3.63, 3.8) is 0 Å². The van der Waals surface area contributed by atoms with Crippen LogP contribution in [0.3, 0.4) is 0 Å². The molecule has 1 heterocycles. The Bertz CT molecular complexity index is 525. The standard InChI is InChI=1S/C18H24N2O/c1-4-13-21-18-7-5-16(6-8-18)14(2)20-15(3)17-9-11-19-12-10-17/h5-12,14-15,20H,4,13H2,1-3H3. The Hall–Kier alpha value is -1.87. The quantitative estimate of drug-likeness (QED) is 0.824. The van der Waals surface area contributed by atoms with Crippen LogP contribution in [0.1, 0.15) is 50.4 Å². The summed E-state index contributed by atoms with van der Waals surface area (Å²) in [5.41, 5.74) is 2.51. The second-order valence-electron chi connectivity index (χ2n) is 5.31. The third-order valence-corrected chi connectivity index (χ3v) is 3.56. The van der Waals surface area contributed by atoms with Gasteiger partial charge in [-0.25, -0.2) is 0 Å². The molecule has 3 nitrogen and oxygen atoms in total. The molecule has 0 fully saturated rings. The van der Waals surface area contributed by atoms with Crippen LogP contribution in [0.4, 0.5) is 0 Å². The molecule has 1 N–H and O–H groups in total. The first-order valence-corrected chi connectivity index (χ1v) is 7.59. The first-order chi connectivity index (χ1) is 10.2. The van der Waals surface area contributed by atoms with Crippen LogP contribution in [0.5, 0.6) is 5.75 Å². The minimum absolute atomic E-state index is 0.286. The molecule has 2 aromatic rings. The molecule has 0 aliphatic rings. The van der Waals surface area contributed by atoms with E-state index in [1.54, 1.807) is 0 Å². The third kappa shape index (κ3) is 4.57. The van der Waals surface area contributed by atoms with E-state index in [2.05, 4.69) is 43.2 Å². The molecule has 1 aromatic heterocycles. The highest BCUT2D eigenvalue weighted by Gasteiger charge is 2.11. The average molecular weight is 284 g/mol. The fourth-order valence-electron chi connectivity index (χ4n) is 2.29. The molecule has 2 rings (SSSR count). The molecule has 0 radical (unpaired) electrons. The second-order valence-corrected chi connectivity index (χ2v) is 5.31. The number of rotatable bonds is 7. The summed E-state index contributed by atoms with van der Waals surface area (Å²) in [5, 5.41) is 3.61. The molecule has 1 aromatic carbocycles. The number of aromatic nitrogens is 1. The fourth-order valence-corrected chi connectivity index (χ4v) is 2.29. The zero-order valence-electron chi connectivity index (χ0n) is 13.0. The lowest BCUT2D eigenvalue weighted by Crippen LogP contribution is -2.22. The molecule has 0 saturated heterocycles. The van der Waals surface area contributed by atoms with Gasteiger partial charge >= 0.3 is 0 Å². The third-order valence-electron chi connectivity index (χ3n) is 3.56. The topological polar surface area (TPSA) is 34.1 Å². The predicted octanol–water partition coefficient (Wildman–Crippen LogP) is 4.28. The van der Waals surface area contributed by atoms with Crippen molar-refractivity contribution in [2.75, 3.05) is 6.61 Å². The van der Waals surface area contributed by atoms with Gasteiger partial charge in [-0.15, -0.1) is 0 Å². The lowest BCUT2D eigenvalue weighted by molar-refractivity contribution is 0.317. The Morgan fingerprint density at radius 1 is 0.952 bits per heavy atom.